The zero-order chi connectivity index (χ0) is 15.1. The summed E-state index contributed by atoms with van der Waals surface area (Å²) in [4.78, 5) is 8.84. The van der Waals surface area contributed by atoms with Crippen molar-refractivity contribution in [3.8, 4) is 5.88 Å². The molecule has 0 saturated carbocycles. The predicted molar refractivity (Wildman–Crippen MR) is 80.4 cm³/mol. The molecule has 7 heteroatoms. The second-order valence-electron chi connectivity index (χ2n) is 4.66. The lowest BCUT2D eigenvalue weighted by atomic mass is 10.2. The topological polar surface area (TPSA) is 91.5 Å². The summed E-state index contributed by atoms with van der Waals surface area (Å²) in [5.41, 5.74) is 6.43. The molecule has 21 heavy (non-hydrogen) atoms. The van der Waals surface area contributed by atoms with E-state index in [1.165, 1.54) is 0 Å². The molecule has 0 bridgehead atoms. The molecule has 1 unspecified atom stereocenters. The summed E-state index contributed by atoms with van der Waals surface area (Å²) < 4.78 is 16.2. The number of aromatic nitrogens is 2. The minimum Gasteiger partial charge on any atom is -0.474 e. The van der Waals surface area contributed by atoms with Crippen molar-refractivity contribution < 1.29 is 14.2 Å². The first-order valence-electron chi connectivity index (χ1n) is 7.01. The van der Waals surface area contributed by atoms with Gasteiger partial charge in [-0.05, 0) is 12.8 Å². The summed E-state index contributed by atoms with van der Waals surface area (Å²) in [7, 11) is 1.61. The molecule has 1 aliphatic heterocycles. The van der Waals surface area contributed by atoms with Gasteiger partial charge in [-0.1, -0.05) is 6.08 Å². The third-order valence-corrected chi connectivity index (χ3v) is 3.09. The second-order valence-corrected chi connectivity index (χ2v) is 4.66. The highest BCUT2D eigenvalue weighted by molar-refractivity contribution is 5.67. The number of nitrogens with one attached hydrogen (secondary N) is 1. The highest BCUT2D eigenvalue weighted by Gasteiger charge is 2.23. The number of hydrogen-bond acceptors (Lipinski definition) is 7. The van der Waals surface area contributed by atoms with E-state index < -0.39 is 0 Å². The van der Waals surface area contributed by atoms with E-state index in [9.17, 15) is 0 Å². The van der Waals surface area contributed by atoms with Gasteiger partial charge in [0, 0.05) is 20.3 Å². The lowest BCUT2D eigenvalue weighted by molar-refractivity contribution is 0.103. The van der Waals surface area contributed by atoms with Gasteiger partial charge in [-0.25, -0.2) is 4.98 Å². The van der Waals surface area contributed by atoms with Crippen molar-refractivity contribution >= 4 is 11.5 Å². The normalized spacial score (nSPS) is 17.7. The van der Waals surface area contributed by atoms with Gasteiger partial charge in [0.1, 0.15) is 18.4 Å². The number of rotatable bonds is 8. The number of anilines is 2. The summed E-state index contributed by atoms with van der Waals surface area (Å²) in [5, 5.41) is 3.10. The van der Waals surface area contributed by atoms with Gasteiger partial charge in [0.25, 0.3) is 0 Å². The van der Waals surface area contributed by atoms with E-state index in [-0.39, 0.29) is 6.10 Å². The molecule has 1 aromatic heterocycles. The maximum absolute atomic E-state index is 6.05. The summed E-state index contributed by atoms with van der Waals surface area (Å²) in [5.74, 6) is 1.50. The SMILES string of the molecule is C=CCNc1nc(C2CCCO2)nc(OCCOC)c1N. The van der Waals surface area contributed by atoms with Crippen LogP contribution in [0, 0.1) is 0 Å². The number of nitrogens with zero attached hydrogens (tertiary/aromatic N) is 2. The lowest BCUT2D eigenvalue weighted by Crippen LogP contribution is -2.14. The molecule has 2 rings (SSSR count). The summed E-state index contributed by atoms with van der Waals surface area (Å²) in [6, 6.07) is 0. The fraction of sp³-hybridized carbons (Fsp3) is 0.571. The molecule has 2 heterocycles. The van der Waals surface area contributed by atoms with E-state index >= 15 is 0 Å². The van der Waals surface area contributed by atoms with E-state index in [0.717, 1.165) is 19.4 Å². The highest BCUT2D eigenvalue weighted by Crippen LogP contribution is 2.32. The predicted octanol–water partition coefficient (Wildman–Crippen LogP) is 1.53. The summed E-state index contributed by atoms with van der Waals surface area (Å²) in [6.07, 6.45) is 3.55. The van der Waals surface area contributed by atoms with Crippen molar-refractivity contribution in [3.05, 3.63) is 18.5 Å². The van der Waals surface area contributed by atoms with Crippen LogP contribution in [0.3, 0.4) is 0 Å². The van der Waals surface area contributed by atoms with Gasteiger partial charge in [0.05, 0.1) is 6.61 Å². The van der Waals surface area contributed by atoms with E-state index in [4.69, 9.17) is 19.9 Å². The van der Waals surface area contributed by atoms with Crippen LogP contribution >= 0.6 is 0 Å². The fourth-order valence-corrected chi connectivity index (χ4v) is 2.03. The van der Waals surface area contributed by atoms with Gasteiger partial charge in [-0.2, -0.15) is 4.98 Å². The molecule has 7 nitrogen and oxygen atoms in total. The Morgan fingerprint density at radius 2 is 2.33 bits per heavy atom. The van der Waals surface area contributed by atoms with Crippen LogP contribution in [-0.4, -0.2) is 43.4 Å². The Morgan fingerprint density at radius 3 is 3.00 bits per heavy atom. The minimum absolute atomic E-state index is 0.0975. The second kappa shape index (κ2) is 7.80. The Hall–Kier alpha value is -1.86. The Kier molecular flexibility index (Phi) is 5.77. The molecule has 3 N–H and O–H groups in total. The van der Waals surface area contributed by atoms with Crippen molar-refractivity contribution in [3.63, 3.8) is 0 Å². The fourth-order valence-electron chi connectivity index (χ4n) is 2.03. The lowest BCUT2D eigenvalue weighted by Gasteiger charge is -2.15. The van der Waals surface area contributed by atoms with Gasteiger partial charge < -0.3 is 25.3 Å². The minimum atomic E-state index is -0.0975. The van der Waals surface area contributed by atoms with Gasteiger partial charge in [-0.15, -0.1) is 6.58 Å². The maximum Gasteiger partial charge on any atom is 0.243 e. The molecule has 1 aromatic rings. The Balaban J connectivity index is 2.22. The zero-order valence-electron chi connectivity index (χ0n) is 12.3. The third-order valence-electron chi connectivity index (χ3n) is 3.09. The third kappa shape index (κ3) is 4.05. The first-order chi connectivity index (χ1) is 10.3. The molecule has 0 spiro atoms. The van der Waals surface area contributed by atoms with E-state index in [1.54, 1.807) is 13.2 Å². The quantitative estimate of drug-likeness (QED) is 0.555. The molecule has 1 fully saturated rings. The number of ether oxygens (including phenoxy) is 3. The zero-order valence-corrected chi connectivity index (χ0v) is 12.3. The molecule has 0 aliphatic carbocycles. The Labute approximate surface area is 124 Å². The van der Waals surface area contributed by atoms with Gasteiger partial charge in [0.2, 0.25) is 5.88 Å². The monoisotopic (exact) mass is 294 g/mol. The van der Waals surface area contributed by atoms with Crippen LogP contribution in [0.25, 0.3) is 0 Å². The van der Waals surface area contributed by atoms with Crippen molar-refractivity contribution in [2.75, 3.05) is 44.5 Å². The molecule has 1 aliphatic rings. The number of hydrogen-bond donors (Lipinski definition) is 2. The van der Waals surface area contributed by atoms with Crippen molar-refractivity contribution in [1.82, 2.24) is 9.97 Å². The van der Waals surface area contributed by atoms with Crippen LogP contribution in [0.1, 0.15) is 24.8 Å². The summed E-state index contributed by atoms with van der Waals surface area (Å²) >= 11 is 0. The van der Waals surface area contributed by atoms with Gasteiger partial charge in [0.15, 0.2) is 11.6 Å². The van der Waals surface area contributed by atoms with Crippen LogP contribution in [0.15, 0.2) is 12.7 Å². The van der Waals surface area contributed by atoms with Crippen molar-refractivity contribution in [1.29, 1.82) is 0 Å². The first kappa shape index (κ1) is 15.5. The van der Waals surface area contributed by atoms with Crippen molar-refractivity contribution in [2.24, 2.45) is 0 Å². The van der Waals surface area contributed by atoms with Gasteiger partial charge in [-0.3, -0.25) is 0 Å². The van der Waals surface area contributed by atoms with Crippen LogP contribution < -0.4 is 15.8 Å². The molecule has 1 saturated heterocycles. The smallest absolute Gasteiger partial charge is 0.243 e. The van der Waals surface area contributed by atoms with Crippen LogP contribution in [-0.2, 0) is 9.47 Å². The molecular weight excluding hydrogens is 272 g/mol. The largest absolute Gasteiger partial charge is 0.474 e. The molecule has 1 atom stereocenters. The molecule has 116 valence electrons. The van der Waals surface area contributed by atoms with E-state index in [2.05, 4.69) is 21.9 Å². The van der Waals surface area contributed by atoms with Crippen LogP contribution in [0.5, 0.6) is 5.88 Å². The Bertz CT molecular complexity index is 476. The van der Waals surface area contributed by atoms with Crippen LogP contribution in [0.2, 0.25) is 0 Å². The molecule has 0 aromatic carbocycles. The highest BCUT2D eigenvalue weighted by atomic mass is 16.5. The van der Waals surface area contributed by atoms with Gasteiger partial charge >= 0.3 is 0 Å². The number of methoxy groups -OCH3 is 1. The van der Waals surface area contributed by atoms with Crippen LogP contribution in [0.4, 0.5) is 11.5 Å². The molecular formula is C14H22N4O3. The molecule has 0 amide bonds. The summed E-state index contributed by atoms with van der Waals surface area (Å²) in [6.45, 7) is 5.80. The average Bonchev–Trinajstić information content (AvgIpc) is 3.02. The van der Waals surface area contributed by atoms with E-state index in [1.807, 2.05) is 0 Å². The molecule has 0 radical (unpaired) electrons. The average molecular weight is 294 g/mol. The van der Waals surface area contributed by atoms with E-state index in [0.29, 0.717) is 43.0 Å². The maximum atomic E-state index is 6.05. The Morgan fingerprint density at radius 1 is 1.48 bits per heavy atom. The number of nitrogens with two attached hydrogens (primary N) is 1. The first-order valence-corrected chi connectivity index (χ1v) is 7.01. The standard InChI is InChI=1S/C14H22N4O3/c1-3-6-16-13-11(15)14(21-9-8-19-2)18-12(17-13)10-5-4-7-20-10/h3,10H,1,4-9,15H2,2H3,(H,16,17,18). The van der Waals surface area contributed by atoms with Crippen molar-refractivity contribution in [2.45, 2.75) is 18.9 Å². The number of nitrogen functional groups attached to an aromatic ring is 1.